The Bertz CT molecular complexity index is 958. The summed E-state index contributed by atoms with van der Waals surface area (Å²) in [6, 6.07) is -1.62. The first-order chi connectivity index (χ1) is 19.5. The van der Waals surface area contributed by atoms with Crippen LogP contribution in [0, 0.1) is 17.3 Å². The van der Waals surface area contributed by atoms with Gasteiger partial charge < -0.3 is 30.4 Å². The van der Waals surface area contributed by atoms with Gasteiger partial charge >= 0.3 is 6.09 Å². The number of amides is 4. The predicted octanol–water partition coefficient (Wildman–Crippen LogP) is 3.61. The summed E-state index contributed by atoms with van der Waals surface area (Å²) in [6.45, 7) is 6.91. The largest absolute Gasteiger partial charge is 0.446 e. The summed E-state index contributed by atoms with van der Waals surface area (Å²) in [5.41, 5.74) is -0.832. The van der Waals surface area contributed by atoms with Crippen molar-refractivity contribution < 1.29 is 28.7 Å². The maximum atomic E-state index is 13.4. The fraction of sp³-hybridized carbons (Fsp3) is 0.839. The van der Waals surface area contributed by atoms with E-state index in [0.29, 0.717) is 51.0 Å². The molecule has 3 N–H and O–H groups in total. The van der Waals surface area contributed by atoms with Crippen molar-refractivity contribution in [1.82, 2.24) is 20.9 Å². The number of nitrogens with zero attached hydrogens (tertiary/aromatic N) is 1. The summed E-state index contributed by atoms with van der Waals surface area (Å²) in [7, 11) is 0. The Morgan fingerprint density at radius 1 is 1.00 bits per heavy atom. The van der Waals surface area contributed by atoms with Crippen LogP contribution in [-0.4, -0.2) is 71.8 Å². The number of rotatable bonds is 9. The Balaban J connectivity index is 1.33. The second kappa shape index (κ2) is 13.6. The van der Waals surface area contributed by atoms with E-state index in [1.54, 1.807) is 0 Å². The van der Waals surface area contributed by atoms with Crippen molar-refractivity contribution in [1.29, 1.82) is 0 Å². The molecule has 2 aliphatic carbocycles. The van der Waals surface area contributed by atoms with Gasteiger partial charge in [0, 0.05) is 30.0 Å². The molecule has 2 heterocycles. The zero-order valence-corrected chi connectivity index (χ0v) is 25.2. The Kier molecular flexibility index (Phi) is 10.3. The normalized spacial score (nSPS) is 24.9. The van der Waals surface area contributed by atoms with Gasteiger partial charge in [0.1, 0.15) is 18.4 Å². The summed E-state index contributed by atoms with van der Waals surface area (Å²) in [6.07, 6.45) is 11.8. The highest BCUT2D eigenvalue weighted by Gasteiger charge is 2.47. The molecule has 0 aromatic carbocycles. The number of carbonyl (C=O) groups excluding carboxylic acids is 5. The van der Waals surface area contributed by atoms with Gasteiger partial charge in [0.25, 0.3) is 0 Å². The van der Waals surface area contributed by atoms with Gasteiger partial charge in [-0.1, -0.05) is 52.9 Å². The first-order valence-electron chi connectivity index (χ1n) is 15.8. The number of hydrogen-bond donors (Lipinski definition) is 3. The smallest absolute Gasteiger partial charge is 0.408 e. The zero-order valence-electron chi connectivity index (χ0n) is 25.2. The summed E-state index contributed by atoms with van der Waals surface area (Å²) in [5, 5.41) is 8.77. The molecular weight excluding hydrogens is 524 g/mol. The molecule has 2 unspecified atom stereocenters. The maximum absolute atomic E-state index is 13.4. The third kappa shape index (κ3) is 8.44. The van der Waals surface area contributed by atoms with Crippen molar-refractivity contribution in [3.8, 4) is 0 Å². The van der Waals surface area contributed by atoms with Crippen molar-refractivity contribution >= 4 is 30.1 Å². The number of alkyl carbamates (subject to hydrolysis) is 1. The van der Waals surface area contributed by atoms with E-state index < -0.39 is 35.4 Å². The first-order valence-corrected chi connectivity index (χ1v) is 15.8. The monoisotopic (exact) mass is 574 g/mol. The van der Waals surface area contributed by atoms with Crippen LogP contribution in [0.2, 0.25) is 0 Å². The lowest BCUT2D eigenvalue weighted by Crippen LogP contribution is -2.53. The van der Waals surface area contributed by atoms with E-state index in [-0.39, 0.29) is 29.9 Å². The van der Waals surface area contributed by atoms with Crippen LogP contribution in [-0.2, 0) is 23.9 Å². The van der Waals surface area contributed by atoms with Crippen LogP contribution < -0.4 is 16.0 Å². The molecule has 0 aromatic heterocycles. The van der Waals surface area contributed by atoms with Crippen LogP contribution in [0.25, 0.3) is 0 Å². The van der Waals surface area contributed by atoms with Crippen molar-refractivity contribution in [3.63, 3.8) is 0 Å². The van der Waals surface area contributed by atoms with Gasteiger partial charge in [0.15, 0.2) is 0 Å². The van der Waals surface area contributed by atoms with Gasteiger partial charge in [-0.05, 0) is 63.7 Å². The van der Waals surface area contributed by atoms with Gasteiger partial charge in [-0.2, -0.15) is 0 Å². The lowest BCUT2D eigenvalue weighted by Gasteiger charge is -2.41. The molecule has 0 bridgehead atoms. The molecule has 2 aliphatic heterocycles. The highest BCUT2D eigenvalue weighted by molar-refractivity contribution is 5.88. The van der Waals surface area contributed by atoms with Crippen LogP contribution in [0.1, 0.15) is 111 Å². The maximum Gasteiger partial charge on any atom is 0.408 e. The van der Waals surface area contributed by atoms with E-state index in [4.69, 9.17) is 4.74 Å². The highest BCUT2D eigenvalue weighted by atomic mass is 16.6. The predicted molar refractivity (Wildman–Crippen MR) is 154 cm³/mol. The summed E-state index contributed by atoms with van der Waals surface area (Å²) >= 11 is 0. The van der Waals surface area contributed by atoms with Crippen molar-refractivity contribution in [2.24, 2.45) is 17.3 Å². The molecule has 2 saturated heterocycles. The topological polar surface area (TPSA) is 134 Å². The van der Waals surface area contributed by atoms with E-state index in [1.165, 1.54) is 6.42 Å². The Morgan fingerprint density at radius 3 is 2.24 bits per heavy atom. The van der Waals surface area contributed by atoms with Crippen LogP contribution in [0.15, 0.2) is 0 Å². The van der Waals surface area contributed by atoms with E-state index in [9.17, 15) is 24.0 Å². The van der Waals surface area contributed by atoms with Gasteiger partial charge in [-0.25, -0.2) is 4.79 Å². The molecule has 230 valence electrons. The molecule has 4 rings (SSSR count). The molecule has 1 spiro atoms. The minimum Gasteiger partial charge on any atom is -0.446 e. The lowest BCUT2D eigenvalue weighted by atomic mass is 9.81. The second-order valence-electron chi connectivity index (χ2n) is 13.9. The third-order valence-electron chi connectivity index (χ3n) is 9.55. The standard InChI is InChI=1S/C31H50N4O6/c1-30(2,3)28(39)35-15-13-31(14-16-35)19-22(26(37)34-31)18-23(20-36)32-27(38)25(17-21-9-5-4-6-10-21)33-29(40)41-24-11-7-8-12-24/h20-25H,4-19H2,1-3H3,(H,32,38)(H,33,40)(H,34,37)/t22?,23?,25-/m0/s1. The highest BCUT2D eigenvalue weighted by Crippen LogP contribution is 2.37. The second-order valence-corrected chi connectivity index (χ2v) is 13.9. The van der Waals surface area contributed by atoms with Crippen molar-refractivity contribution in [3.05, 3.63) is 0 Å². The number of ether oxygens (including phenoxy) is 1. The Hall–Kier alpha value is -2.65. The van der Waals surface area contributed by atoms with Gasteiger partial charge in [0.2, 0.25) is 17.7 Å². The summed E-state index contributed by atoms with van der Waals surface area (Å²) in [4.78, 5) is 65.7. The molecule has 2 saturated carbocycles. The molecule has 4 amide bonds. The molecule has 41 heavy (non-hydrogen) atoms. The average molecular weight is 575 g/mol. The van der Waals surface area contributed by atoms with Gasteiger partial charge in [0.05, 0.1) is 6.04 Å². The number of carbonyl (C=O) groups is 5. The SMILES string of the molecule is CC(C)(C)C(=O)N1CCC2(CC1)CC(CC(C=O)NC(=O)[C@H](CC1CCCCC1)NC(=O)OC1CCCC1)C(=O)N2. The van der Waals surface area contributed by atoms with Crippen LogP contribution in [0.5, 0.6) is 0 Å². The van der Waals surface area contributed by atoms with Crippen molar-refractivity contribution in [2.45, 2.75) is 134 Å². The minimum atomic E-state index is -0.836. The molecular formula is C31H50N4O6. The minimum absolute atomic E-state index is 0.109. The quantitative estimate of drug-likeness (QED) is 0.360. The van der Waals surface area contributed by atoms with E-state index in [2.05, 4.69) is 16.0 Å². The molecule has 0 radical (unpaired) electrons. The van der Waals surface area contributed by atoms with Gasteiger partial charge in [-0.3, -0.25) is 14.4 Å². The molecule has 3 atom stereocenters. The first kappa shape index (κ1) is 31.3. The van der Waals surface area contributed by atoms with Crippen LogP contribution >= 0.6 is 0 Å². The number of likely N-dealkylation sites (tertiary alicyclic amines) is 1. The fourth-order valence-electron chi connectivity index (χ4n) is 7.17. The summed E-state index contributed by atoms with van der Waals surface area (Å²) < 4.78 is 5.56. The van der Waals surface area contributed by atoms with Crippen LogP contribution in [0.3, 0.4) is 0 Å². The number of nitrogens with one attached hydrogen (secondary N) is 3. The fourth-order valence-corrected chi connectivity index (χ4v) is 7.17. The molecule has 4 fully saturated rings. The number of aldehydes is 1. The number of hydrogen-bond acceptors (Lipinski definition) is 6. The average Bonchev–Trinajstić information content (AvgIpc) is 3.55. The molecule has 0 aromatic rings. The lowest BCUT2D eigenvalue weighted by molar-refractivity contribution is -0.141. The molecule has 4 aliphatic rings. The van der Waals surface area contributed by atoms with Crippen molar-refractivity contribution in [2.75, 3.05) is 13.1 Å². The third-order valence-corrected chi connectivity index (χ3v) is 9.55. The zero-order chi connectivity index (χ0) is 29.6. The number of piperidine rings is 1. The van der Waals surface area contributed by atoms with Gasteiger partial charge in [-0.15, -0.1) is 0 Å². The summed E-state index contributed by atoms with van der Waals surface area (Å²) in [5.74, 6) is -0.484. The Morgan fingerprint density at radius 2 is 1.63 bits per heavy atom. The Labute approximate surface area is 244 Å². The van der Waals surface area contributed by atoms with E-state index in [0.717, 1.165) is 51.4 Å². The molecule has 10 nitrogen and oxygen atoms in total. The van der Waals surface area contributed by atoms with E-state index >= 15 is 0 Å². The molecule has 10 heteroatoms. The van der Waals surface area contributed by atoms with Crippen LogP contribution in [0.4, 0.5) is 4.79 Å². The van der Waals surface area contributed by atoms with E-state index in [1.807, 2.05) is 25.7 Å².